The molecule has 0 fully saturated rings. The smallest absolute Gasteiger partial charge is 0.462 e. The number of nitrogens with zero attached hydrogens (tertiary/aromatic N) is 1. The van der Waals surface area contributed by atoms with Gasteiger partial charge in [0.15, 0.2) is 0 Å². The molecule has 0 aromatic heterocycles. The van der Waals surface area contributed by atoms with Crippen LogP contribution < -0.4 is 4.52 Å². The highest BCUT2D eigenvalue weighted by atomic mass is 127. The Morgan fingerprint density at radius 1 is 1.44 bits per heavy atom. The van der Waals surface area contributed by atoms with Crippen LogP contribution in [-0.2, 0) is 9.30 Å². The molecular weight excluding hydrogens is 368 g/mol. The third-order valence-corrected chi connectivity index (χ3v) is 4.08. The van der Waals surface area contributed by atoms with Crippen molar-refractivity contribution in [1.29, 1.82) is 0 Å². The SMILES string of the molecule is CCOC(=O)c1cccc(O[P+](=O)N(C)C)c1I. The van der Waals surface area contributed by atoms with Crippen molar-refractivity contribution < 1.29 is 18.6 Å². The molecule has 0 N–H and O–H groups in total. The quantitative estimate of drug-likeness (QED) is 0.445. The Morgan fingerprint density at radius 3 is 2.67 bits per heavy atom. The topological polar surface area (TPSA) is 55.8 Å². The Labute approximate surface area is 121 Å². The lowest BCUT2D eigenvalue weighted by molar-refractivity contribution is 0.0524. The molecule has 0 saturated carbocycles. The van der Waals surface area contributed by atoms with Crippen LogP contribution in [0.5, 0.6) is 5.75 Å². The lowest BCUT2D eigenvalue weighted by atomic mass is 10.2. The molecule has 5 nitrogen and oxygen atoms in total. The van der Waals surface area contributed by atoms with Crippen LogP contribution in [0.15, 0.2) is 18.2 Å². The third-order valence-electron chi connectivity index (χ3n) is 1.96. The molecule has 0 saturated heterocycles. The number of hydrogen-bond donors (Lipinski definition) is 0. The highest BCUT2D eigenvalue weighted by Gasteiger charge is 2.26. The first-order valence-electron chi connectivity index (χ1n) is 5.25. The molecule has 0 radical (unpaired) electrons. The first-order chi connectivity index (χ1) is 8.47. The number of esters is 1. The average Bonchev–Trinajstić information content (AvgIpc) is 2.31. The summed E-state index contributed by atoms with van der Waals surface area (Å²) in [6.45, 7) is 2.06. The van der Waals surface area contributed by atoms with Crippen LogP contribution in [-0.4, -0.2) is 31.3 Å². The molecule has 1 rings (SSSR count). The average molecular weight is 382 g/mol. The highest BCUT2D eigenvalue weighted by molar-refractivity contribution is 14.1. The van der Waals surface area contributed by atoms with Crippen molar-refractivity contribution in [3.8, 4) is 5.75 Å². The molecule has 18 heavy (non-hydrogen) atoms. The third kappa shape index (κ3) is 3.90. The van der Waals surface area contributed by atoms with Gasteiger partial charge >= 0.3 is 14.1 Å². The molecule has 1 aromatic carbocycles. The van der Waals surface area contributed by atoms with Gasteiger partial charge in [-0.1, -0.05) is 10.7 Å². The molecule has 98 valence electrons. The van der Waals surface area contributed by atoms with Crippen molar-refractivity contribution in [2.24, 2.45) is 0 Å². The number of ether oxygens (including phenoxy) is 1. The van der Waals surface area contributed by atoms with Crippen molar-refractivity contribution in [3.63, 3.8) is 0 Å². The second-order valence-corrected chi connectivity index (χ2v) is 6.05. The van der Waals surface area contributed by atoms with E-state index in [1.54, 1.807) is 39.2 Å². The van der Waals surface area contributed by atoms with Crippen molar-refractivity contribution in [2.75, 3.05) is 20.7 Å². The number of benzene rings is 1. The highest BCUT2D eigenvalue weighted by Crippen LogP contribution is 2.33. The van der Waals surface area contributed by atoms with Crippen LogP contribution in [0.4, 0.5) is 0 Å². The summed E-state index contributed by atoms with van der Waals surface area (Å²) in [6.07, 6.45) is 0. The van der Waals surface area contributed by atoms with E-state index in [1.165, 1.54) is 4.67 Å². The number of carbonyl (C=O) groups is 1. The van der Waals surface area contributed by atoms with Gasteiger partial charge in [0.25, 0.3) is 0 Å². The molecular formula is C11H14INO4P+. The number of rotatable bonds is 5. The van der Waals surface area contributed by atoms with Crippen molar-refractivity contribution >= 4 is 36.7 Å². The summed E-state index contributed by atoms with van der Waals surface area (Å²) in [5.41, 5.74) is 0.414. The fourth-order valence-corrected chi connectivity index (χ4v) is 2.46. The van der Waals surface area contributed by atoms with E-state index in [4.69, 9.17) is 9.26 Å². The summed E-state index contributed by atoms with van der Waals surface area (Å²) >= 11 is 1.98. The van der Waals surface area contributed by atoms with Gasteiger partial charge in [-0.2, -0.15) is 0 Å². The zero-order valence-electron chi connectivity index (χ0n) is 10.3. The largest absolute Gasteiger partial charge is 0.665 e. The monoisotopic (exact) mass is 382 g/mol. The molecule has 7 heteroatoms. The van der Waals surface area contributed by atoms with Crippen LogP contribution in [0.2, 0.25) is 0 Å². The van der Waals surface area contributed by atoms with E-state index in [9.17, 15) is 9.36 Å². The lowest BCUT2D eigenvalue weighted by Crippen LogP contribution is -2.08. The van der Waals surface area contributed by atoms with Crippen molar-refractivity contribution in [3.05, 3.63) is 27.3 Å². The van der Waals surface area contributed by atoms with Crippen LogP contribution in [0.3, 0.4) is 0 Å². The minimum atomic E-state index is -1.95. The minimum Gasteiger partial charge on any atom is -0.462 e. The number of hydrogen-bond acceptors (Lipinski definition) is 4. The van der Waals surface area contributed by atoms with Gasteiger partial charge in [-0.25, -0.2) is 9.32 Å². The van der Waals surface area contributed by atoms with Crippen molar-refractivity contribution in [2.45, 2.75) is 6.92 Å². The first-order valence-corrected chi connectivity index (χ1v) is 7.46. The van der Waals surface area contributed by atoms with E-state index in [-0.39, 0.29) is 0 Å². The summed E-state index contributed by atoms with van der Waals surface area (Å²) in [7, 11) is 1.36. The van der Waals surface area contributed by atoms with Gasteiger partial charge in [-0.15, -0.1) is 0 Å². The number of carbonyl (C=O) groups excluding carboxylic acids is 1. The molecule has 1 atom stereocenters. The first kappa shape index (κ1) is 15.3. The fraction of sp³-hybridized carbons (Fsp3) is 0.364. The van der Waals surface area contributed by atoms with Crippen LogP contribution in [0.25, 0.3) is 0 Å². The van der Waals surface area contributed by atoms with Gasteiger partial charge < -0.3 is 4.74 Å². The van der Waals surface area contributed by atoms with Gasteiger partial charge in [-0.3, -0.25) is 0 Å². The molecule has 0 aliphatic rings. The van der Waals surface area contributed by atoms with Crippen molar-refractivity contribution in [1.82, 2.24) is 4.67 Å². The van der Waals surface area contributed by atoms with Crippen LogP contribution >= 0.6 is 30.8 Å². The van der Waals surface area contributed by atoms with Gasteiger partial charge in [0.1, 0.15) is 0 Å². The minimum absolute atomic E-state index is 0.311. The Bertz CT molecular complexity index is 464. The Morgan fingerprint density at radius 2 is 2.11 bits per heavy atom. The molecule has 0 amide bonds. The zero-order chi connectivity index (χ0) is 13.7. The molecule has 0 bridgehead atoms. The summed E-state index contributed by atoms with van der Waals surface area (Å²) in [5.74, 6) is 0.00314. The summed E-state index contributed by atoms with van der Waals surface area (Å²) < 4.78 is 23.9. The van der Waals surface area contributed by atoms with Gasteiger partial charge in [0.05, 0.1) is 15.7 Å². The van der Waals surface area contributed by atoms with Crippen LogP contribution in [0, 0.1) is 3.57 Å². The van der Waals surface area contributed by atoms with E-state index < -0.39 is 14.1 Å². The molecule has 1 aromatic rings. The number of halogens is 1. The van der Waals surface area contributed by atoms with E-state index in [0.717, 1.165) is 0 Å². The second kappa shape index (κ2) is 7.01. The standard InChI is InChI=1S/C11H14INO4P/c1-4-16-11(14)8-6-5-7-9(10(8)12)17-18(15)13(2)3/h5-7H,4H2,1-3H3/q+1. The molecule has 0 aliphatic carbocycles. The summed E-state index contributed by atoms with van der Waals surface area (Å²) in [6, 6.07) is 4.99. The molecule has 0 aliphatic heterocycles. The van der Waals surface area contributed by atoms with E-state index >= 15 is 0 Å². The zero-order valence-corrected chi connectivity index (χ0v) is 13.4. The van der Waals surface area contributed by atoms with E-state index in [1.807, 2.05) is 22.6 Å². The fourth-order valence-electron chi connectivity index (χ4n) is 1.11. The van der Waals surface area contributed by atoms with E-state index in [0.29, 0.717) is 21.5 Å². The predicted molar refractivity (Wildman–Crippen MR) is 77.0 cm³/mol. The van der Waals surface area contributed by atoms with Crippen LogP contribution in [0.1, 0.15) is 17.3 Å². The maximum absolute atomic E-state index is 11.7. The van der Waals surface area contributed by atoms with Gasteiger partial charge in [0.2, 0.25) is 5.75 Å². The Balaban J connectivity index is 2.98. The molecule has 0 heterocycles. The second-order valence-electron chi connectivity index (χ2n) is 3.51. The van der Waals surface area contributed by atoms with Gasteiger partial charge in [-0.05, 0) is 41.6 Å². The molecule has 1 unspecified atom stereocenters. The lowest BCUT2D eigenvalue weighted by Gasteiger charge is -2.06. The Kier molecular flexibility index (Phi) is 5.98. The van der Waals surface area contributed by atoms with Gasteiger partial charge in [0, 0.05) is 18.7 Å². The summed E-state index contributed by atoms with van der Waals surface area (Å²) in [5, 5.41) is 0. The van der Waals surface area contributed by atoms with E-state index in [2.05, 4.69) is 0 Å². The maximum atomic E-state index is 11.7. The predicted octanol–water partition coefficient (Wildman–Crippen LogP) is 3.07. The summed E-state index contributed by atoms with van der Waals surface area (Å²) in [4.78, 5) is 11.7. The molecule has 0 spiro atoms. The Hall–Kier alpha value is -0.720. The normalized spacial score (nSPS) is 11.3. The maximum Gasteiger partial charge on any atom is 0.665 e.